The Morgan fingerprint density at radius 1 is 0.969 bits per heavy atom. The van der Waals surface area contributed by atoms with E-state index in [4.69, 9.17) is 14.2 Å². The Kier molecular flexibility index (Phi) is 6.63. The Labute approximate surface area is 185 Å². The fourth-order valence-corrected chi connectivity index (χ4v) is 4.64. The summed E-state index contributed by atoms with van der Waals surface area (Å²) in [4.78, 5) is 12.6. The smallest absolute Gasteiger partial charge is 0.314 e. The zero-order valence-corrected chi connectivity index (χ0v) is 18.3. The average Bonchev–Trinajstić information content (AvgIpc) is 2.79. The summed E-state index contributed by atoms with van der Waals surface area (Å²) in [6, 6.07) is 4.32. The van der Waals surface area contributed by atoms with Gasteiger partial charge in [-0.05, 0) is 50.7 Å². The number of carbonyl (C=O) groups is 1. The molecule has 2 aliphatic rings. The van der Waals surface area contributed by atoms with E-state index in [9.17, 15) is 13.6 Å². The maximum atomic E-state index is 15.1. The standard InChI is InChI=1S/C25H27F3O4/c1-3-5-14-6-8-15(9-7-14)25(29)31-18-11-10-16-12-17-13-19(30-4-2)20(26)22(28)24(17)32-23(16)21(18)27/h10-11,13-15H,3-9,12H2,1-2H3. The van der Waals surface area contributed by atoms with Gasteiger partial charge < -0.3 is 14.2 Å². The van der Waals surface area contributed by atoms with Crippen LogP contribution in [0.25, 0.3) is 0 Å². The minimum atomic E-state index is -1.23. The van der Waals surface area contributed by atoms with Gasteiger partial charge in [-0.2, -0.15) is 13.2 Å². The number of esters is 1. The highest BCUT2D eigenvalue weighted by molar-refractivity contribution is 5.75. The molecule has 0 atom stereocenters. The summed E-state index contributed by atoms with van der Waals surface area (Å²) >= 11 is 0. The third kappa shape index (κ3) is 4.30. The molecule has 0 unspecified atom stereocenters. The summed E-state index contributed by atoms with van der Waals surface area (Å²) in [7, 11) is 0. The van der Waals surface area contributed by atoms with Gasteiger partial charge in [-0.15, -0.1) is 0 Å². The second kappa shape index (κ2) is 9.43. The molecule has 1 aliphatic carbocycles. The van der Waals surface area contributed by atoms with Gasteiger partial charge in [0.25, 0.3) is 0 Å². The zero-order valence-electron chi connectivity index (χ0n) is 18.3. The topological polar surface area (TPSA) is 44.8 Å². The highest BCUT2D eigenvalue weighted by Gasteiger charge is 2.31. The lowest BCUT2D eigenvalue weighted by molar-refractivity contribution is -0.140. The number of rotatable bonds is 6. The molecule has 4 rings (SSSR count). The molecule has 1 aliphatic heterocycles. The van der Waals surface area contributed by atoms with E-state index in [0.717, 1.165) is 38.5 Å². The molecule has 32 heavy (non-hydrogen) atoms. The van der Waals surface area contributed by atoms with Gasteiger partial charge in [0.15, 0.2) is 23.0 Å². The third-order valence-electron chi connectivity index (χ3n) is 6.32. The Morgan fingerprint density at radius 3 is 2.38 bits per heavy atom. The van der Waals surface area contributed by atoms with Crippen LogP contribution in [0.5, 0.6) is 23.0 Å². The quantitative estimate of drug-likeness (QED) is 0.311. The van der Waals surface area contributed by atoms with Crippen LogP contribution in [0.3, 0.4) is 0 Å². The van der Waals surface area contributed by atoms with E-state index < -0.39 is 23.4 Å². The number of benzene rings is 2. The summed E-state index contributed by atoms with van der Waals surface area (Å²) in [5.74, 6) is -4.51. The molecule has 7 heteroatoms. The van der Waals surface area contributed by atoms with Gasteiger partial charge in [0.05, 0.1) is 12.5 Å². The molecule has 1 heterocycles. The van der Waals surface area contributed by atoms with Crippen LogP contribution in [-0.2, 0) is 11.2 Å². The lowest BCUT2D eigenvalue weighted by Crippen LogP contribution is -2.26. The minimum absolute atomic E-state index is 0.133. The monoisotopic (exact) mass is 448 g/mol. The molecule has 0 spiro atoms. The van der Waals surface area contributed by atoms with Crippen molar-refractivity contribution < 1.29 is 32.2 Å². The maximum absolute atomic E-state index is 15.1. The molecular weight excluding hydrogens is 421 g/mol. The van der Waals surface area contributed by atoms with E-state index in [1.807, 2.05) is 0 Å². The first-order valence-corrected chi connectivity index (χ1v) is 11.3. The van der Waals surface area contributed by atoms with E-state index in [1.165, 1.54) is 12.1 Å². The highest BCUT2D eigenvalue weighted by Crippen LogP contribution is 2.45. The Morgan fingerprint density at radius 2 is 1.69 bits per heavy atom. The summed E-state index contributed by atoms with van der Waals surface area (Å²) < 4.78 is 59.8. The number of hydrogen-bond acceptors (Lipinski definition) is 4. The molecule has 0 saturated heterocycles. The summed E-state index contributed by atoms with van der Waals surface area (Å²) in [5, 5.41) is 0. The second-order valence-electron chi connectivity index (χ2n) is 8.50. The molecule has 1 fully saturated rings. The lowest BCUT2D eigenvalue weighted by Gasteiger charge is -2.27. The van der Waals surface area contributed by atoms with Gasteiger partial charge in [0.1, 0.15) is 0 Å². The van der Waals surface area contributed by atoms with Gasteiger partial charge in [-0.25, -0.2) is 0 Å². The van der Waals surface area contributed by atoms with E-state index >= 15 is 4.39 Å². The largest absolute Gasteiger partial charge is 0.491 e. The summed E-state index contributed by atoms with van der Waals surface area (Å²) in [6.07, 6.45) is 5.81. The molecule has 0 aromatic heterocycles. The third-order valence-corrected chi connectivity index (χ3v) is 6.32. The van der Waals surface area contributed by atoms with E-state index in [0.29, 0.717) is 17.0 Å². The van der Waals surface area contributed by atoms with Gasteiger partial charge in [0, 0.05) is 17.5 Å². The molecule has 0 radical (unpaired) electrons. The second-order valence-corrected chi connectivity index (χ2v) is 8.50. The zero-order chi connectivity index (χ0) is 22.8. The van der Waals surface area contributed by atoms with Crippen molar-refractivity contribution in [3.05, 3.63) is 46.8 Å². The number of fused-ring (bicyclic) bond motifs is 2. The fraction of sp³-hybridized carbons (Fsp3) is 0.480. The van der Waals surface area contributed by atoms with Crippen molar-refractivity contribution in [1.82, 2.24) is 0 Å². The van der Waals surface area contributed by atoms with Crippen LogP contribution in [0.4, 0.5) is 13.2 Å². The highest BCUT2D eigenvalue weighted by atomic mass is 19.2. The SMILES string of the molecule is CCCC1CCC(C(=O)Oc2ccc3c(c2F)Oc2c(cc(OCC)c(F)c2F)C3)CC1. The predicted octanol–water partition coefficient (Wildman–Crippen LogP) is 6.71. The molecule has 172 valence electrons. The summed E-state index contributed by atoms with van der Waals surface area (Å²) in [6.45, 7) is 3.99. The molecule has 0 bridgehead atoms. The van der Waals surface area contributed by atoms with Crippen LogP contribution in [0.1, 0.15) is 63.5 Å². The van der Waals surface area contributed by atoms with Crippen molar-refractivity contribution in [3.63, 3.8) is 0 Å². The van der Waals surface area contributed by atoms with Crippen molar-refractivity contribution in [2.45, 2.75) is 58.8 Å². The van der Waals surface area contributed by atoms with Crippen LogP contribution in [0.2, 0.25) is 0 Å². The number of carbonyl (C=O) groups excluding carboxylic acids is 1. The molecule has 2 aromatic rings. The molecule has 1 saturated carbocycles. The van der Waals surface area contributed by atoms with E-state index in [1.54, 1.807) is 13.0 Å². The van der Waals surface area contributed by atoms with Crippen molar-refractivity contribution in [2.75, 3.05) is 6.61 Å². The number of ether oxygens (including phenoxy) is 3. The average molecular weight is 448 g/mol. The Balaban J connectivity index is 1.52. The number of hydrogen-bond donors (Lipinski definition) is 0. The fourth-order valence-electron chi connectivity index (χ4n) is 4.64. The minimum Gasteiger partial charge on any atom is -0.491 e. The van der Waals surface area contributed by atoms with Crippen LogP contribution >= 0.6 is 0 Å². The number of halogens is 3. The molecular formula is C25H27F3O4. The van der Waals surface area contributed by atoms with Crippen LogP contribution in [-0.4, -0.2) is 12.6 Å². The predicted molar refractivity (Wildman–Crippen MR) is 113 cm³/mol. The van der Waals surface area contributed by atoms with Crippen molar-refractivity contribution in [2.24, 2.45) is 11.8 Å². The molecule has 4 nitrogen and oxygen atoms in total. The van der Waals surface area contributed by atoms with Crippen LogP contribution in [0, 0.1) is 29.3 Å². The van der Waals surface area contributed by atoms with E-state index in [-0.39, 0.29) is 41.9 Å². The van der Waals surface area contributed by atoms with Gasteiger partial charge in [-0.3, -0.25) is 4.79 Å². The van der Waals surface area contributed by atoms with Crippen LogP contribution in [0.15, 0.2) is 18.2 Å². The van der Waals surface area contributed by atoms with Crippen LogP contribution < -0.4 is 14.2 Å². The van der Waals surface area contributed by atoms with Gasteiger partial charge in [0.2, 0.25) is 17.5 Å². The Hall–Kier alpha value is -2.70. The molecule has 2 aromatic carbocycles. The first-order valence-electron chi connectivity index (χ1n) is 11.3. The van der Waals surface area contributed by atoms with Crippen molar-refractivity contribution >= 4 is 5.97 Å². The van der Waals surface area contributed by atoms with Crippen molar-refractivity contribution in [1.29, 1.82) is 0 Å². The Bertz CT molecular complexity index is 1010. The van der Waals surface area contributed by atoms with Gasteiger partial charge in [-0.1, -0.05) is 25.8 Å². The normalized spacial score (nSPS) is 19.5. The maximum Gasteiger partial charge on any atom is 0.314 e. The molecule has 0 amide bonds. The van der Waals surface area contributed by atoms with Crippen molar-refractivity contribution in [3.8, 4) is 23.0 Å². The lowest BCUT2D eigenvalue weighted by atomic mass is 9.80. The first kappa shape index (κ1) is 22.5. The molecule has 0 N–H and O–H groups in total. The van der Waals surface area contributed by atoms with E-state index in [2.05, 4.69) is 6.92 Å². The summed E-state index contributed by atoms with van der Waals surface area (Å²) in [5.41, 5.74) is 0.802. The first-order chi connectivity index (χ1) is 15.4. The van der Waals surface area contributed by atoms with Gasteiger partial charge >= 0.3 is 5.97 Å².